The van der Waals surface area contributed by atoms with E-state index in [0.29, 0.717) is 30.0 Å². The van der Waals surface area contributed by atoms with Gasteiger partial charge in [-0.15, -0.1) is 0 Å². The minimum Gasteiger partial charge on any atom is -0.481 e. The Morgan fingerprint density at radius 3 is 2.67 bits per heavy atom. The number of carboxylic acid groups (broad SMARTS) is 1. The first-order chi connectivity index (χ1) is 12.5. The quantitative estimate of drug-likeness (QED) is 0.845. The molecule has 150 valence electrons. The number of carbonyl (C=O) groups excluding carboxylic acids is 1. The van der Waals surface area contributed by atoms with E-state index in [4.69, 9.17) is 4.74 Å². The van der Waals surface area contributed by atoms with Crippen molar-refractivity contribution in [1.29, 1.82) is 0 Å². The monoisotopic (exact) mass is 389 g/mol. The van der Waals surface area contributed by atoms with E-state index in [1.165, 1.54) is 11.8 Å². The van der Waals surface area contributed by atoms with Gasteiger partial charge in [-0.3, -0.25) is 14.3 Å². The van der Waals surface area contributed by atoms with Crippen molar-refractivity contribution in [2.45, 2.75) is 39.4 Å². The van der Waals surface area contributed by atoms with Gasteiger partial charge in [-0.05, 0) is 20.3 Å². The summed E-state index contributed by atoms with van der Waals surface area (Å²) in [6.45, 7) is 2.87. The van der Waals surface area contributed by atoms with E-state index in [-0.39, 0.29) is 37.9 Å². The molecule has 3 heterocycles. The lowest BCUT2D eigenvalue weighted by Gasteiger charge is -2.33. The van der Waals surface area contributed by atoms with Crippen LogP contribution in [-0.2, 0) is 27.3 Å². The smallest absolute Gasteiger partial charge is 0.408 e. The minimum atomic E-state index is -4.40. The fourth-order valence-electron chi connectivity index (χ4n) is 4.07. The van der Waals surface area contributed by atoms with Crippen molar-refractivity contribution >= 4 is 11.9 Å². The number of rotatable bonds is 4. The average molecular weight is 389 g/mol. The second-order valence-electron chi connectivity index (χ2n) is 7.36. The molecule has 2 atom stereocenters. The van der Waals surface area contributed by atoms with E-state index >= 15 is 0 Å². The standard InChI is InChI=1S/C17H22F3N3O4/c1-10-13(11(2)23(21-10)9-17(18,19)20)5-14(24)22-6-12-7-27-4-3-16(12,8-22)15(25)26/h12H,3-9H2,1-2H3,(H,25,26)/t12-,16+/m0/s1. The molecule has 1 aromatic heterocycles. The molecule has 0 bridgehead atoms. The summed E-state index contributed by atoms with van der Waals surface area (Å²) in [4.78, 5) is 26.1. The van der Waals surface area contributed by atoms with Crippen LogP contribution in [0.25, 0.3) is 0 Å². The third kappa shape index (κ3) is 3.67. The van der Waals surface area contributed by atoms with E-state index in [2.05, 4.69) is 5.10 Å². The number of likely N-dealkylation sites (tertiary alicyclic amines) is 1. The van der Waals surface area contributed by atoms with Gasteiger partial charge in [0, 0.05) is 36.9 Å². The summed E-state index contributed by atoms with van der Waals surface area (Å²) in [7, 11) is 0. The van der Waals surface area contributed by atoms with Gasteiger partial charge in [-0.2, -0.15) is 18.3 Å². The molecule has 2 aliphatic heterocycles. The summed E-state index contributed by atoms with van der Waals surface area (Å²) in [5.41, 5.74) is 0.127. The molecule has 2 aliphatic rings. The van der Waals surface area contributed by atoms with E-state index in [1.54, 1.807) is 6.92 Å². The first kappa shape index (κ1) is 19.7. The number of hydrogen-bond acceptors (Lipinski definition) is 4. The largest absolute Gasteiger partial charge is 0.481 e. The molecule has 0 unspecified atom stereocenters. The zero-order valence-electron chi connectivity index (χ0n) is 15.2. The van der Waals surface area contributed by atoms with Crippen LogP contribution >= 0.6 is 0 Å². The number of aromatic nitrogens is 2. The summed E-state index contributed by atoms with van der Waals surface area (Å²) in [5.74, 6) is -1.51. The highest BCUT2D eigenvalue weighted by Crippen LogP contribution is 2.42. The van der Waals surface area contributed by atoms with Crippen LogP contribution in [0.4, 0.5) is 13.2 Å². The number of aryl methyl sites for hydroxylation is 1. The predicted octanol–water partition coefficient (Wildman–Crippen LogP) is 1.55. The number of nitrogens with zero attached hydrogens (tertiary/aromatic N) is 3. The van der Waals surface area contributed by atoms with Crippen LogP contribution in [0, 0.1) is 25.2 Å². The normalized spacial score (nSPS) is 25.5. The lowest BCUT2D eigenvalue weighted by atomic mass is 9.74. The van der Waals surface area contributed by atoms with Crippen LogP contribution < -0.4 is 0 Å². The minimum absolute atomic E-state index is 0.0984. The van der Waals surface area contributed by atoms with Crippen LogP contribution in [0.1, 0.15) is 23.4 Å². The van der Waals surface area contributed by atoms with Crippen molar-refractivity contribution in [3.63, 3.8) is 0 Å². The summed E-state index contributed by atoms with van der Waals surface area (Å²) in [6.07, 6.45) is -4.15. The van der Waals surface area contributed by atoms with Crippen LogP contribution in [0.15, 0.2) is 0 Å². The number of fused-ring (bicyclic) bond motifs is 1. The molecule has 7 nitrogen and oxygen atoms in total. The topological polar surface area (TPSA) is 84.7 Å². The Morgan fingerprint density at radius 2 is 2.07 bits per heavy atom. The number of carboxylic acids is 1. The van der Waals surface area contributed by atoms with Gasteiger partial charge < -0.3 is 14.7 Å². The van der Waals surface area contributed by atoms with E-state index in [1.807, 2.05) is 0 Å². The Kier molecular flexibility index (Phi) is 4.96. The maximum absolute atomic E-state index is 12.8. The zero-order valence-corrected chi connectivity index (χ0v) is 15.2. The molecule has 2 fully saturated rings. The number of hydrogen-bond donors (Lipinski definition) is 1. The van der Waals surface area contributed by atoms with Crippen LogP contribution in [0.2, 0.25) is 0 Å². The van der Waals surface area contributed by atoms with Crippen molar-refractivity contribution in [1.82, 2.24) is 14.7 Å². The van der Waals surface area contributed by atoms with Crippen molar-refractivity contribution in [3.8, 4) is 0 Å². The molecular weight excluding hydrogens is 367 g/mol. The van der Waals surface area contributed by atoms with Gasteiger partial charge in [-0.1, -0.05) is 0 Å². The molecule has 0 radical (unpaired) electrons. The number of alkyl halides is 3. The Balaban J connectivity index is 1.76. The highest BCUT2D eigenvalue weighted by Gasteiger charge is 2.54. The van der Waals surface area contributed by atoms with Crippen molar-refractivity contribution in [2.24, 2.45) is 11.3 Å². The molecular formula is C17H22F3N3O4. The molecule has 27 heavy (non-hydrogen) atoms. The Bertz CT molecular complexity index is 761. The number of ether oxygens (including phenoxy) is 1. The summed E-state index contributed by atoms with van der Waals surface area (Å²) < 4.78 is 44.2. The fourth-order valence-corrected chi connectivity index (χ4v) is 4.07. The molecule has 2 saturated heterocycles. The first-order valence-corrected chi connectivity index (χ1v) is 8.72. The van der Waals surface area contributed by atoms with Gasteiger partial charge in [0.1, 0.15) is 6.54 Å². The van der Waals surface area contributed by atoms with Crippen molar-refractivity contribution in [2.75, 3.05) is 26.3 Å². The maximum atomic E-state index is 12.8. The molecule has 3 rings (SSSR count). The number of halogens is 3. The van der Waals surface area contributed by atoms with Crippen molar-refractivity contribution < 1.29 is 32.6 Å². The molecule has 0 aliphatic carbocycles. The molecule has 1 N–H and O–H groups in total. The third-order valence-corrected chi connectivity index (χ3v) is 5.67. The van der Waals surface area contributed by atoms with E-state index in [0.717, 1.165) is 4.68 Å². The molecule has 1 aromatic rings. The van der Waals surface area contributed by atoms with E-state index < -0.39 is 24.1 Å². The van der Waals surface area contributed by atoms with Crippen molar-refractivity contribution in [3.05, 3.63) is 17.0 Å². The summed E-state index contributed by atoms with van der Waals surface area (Å²) >= 11 is 0. The second kappa shape index (κ2) is 6.81. The van der Waals surface area contributed by atoms with Gasteiger partial charge in [-0.25, -0.2) is 0 Å². The number of amides is 1. The lowest BCUT2D eigenvalue weighted by Crippen LogP contribution is -2.45. The van der Waals surface area contributed by atoms with Crippen LogP contribution in [0.3, 0.4) is 0 Å². The first-order valence-electron chi connectivity index (χ1n) is 8.72. The van der Waals surface area contributed by atoms with E-state index in [9.17, 15) is 27.9 Å². The van der Waals surface area contributed by atoms with Gasteiger partial charge in [0.15, 0.2) is 0 Å². The molecule has 0 aromatic carbocycles. The second-order valence-corrected chi connectivity index (χ2v) is 7.36. The SMILES string of the molecule is Cc1nn(CC(F)(F)F)c(C)c1CC(=O)N1C[C@H]2COCC[C@@]2(C(=O)O)C1. The third-order valence-electron chi connectivity index (χ3n) is 5.67. The average Bonchev–Trinajstić information content (AvgIpc) is 3.08. The van der Waals surface area contributed by atoms with Crippen LogP contribution in [0.5, 0.6) is 0 Å². The maximum Gasteiger partial charge on any atom is 0.408 e. The fraction of sp³-hybridized carbons (Fsp3) is 0.706. The highest BCUT2D eigenvalue weighted by atomic mass is 19.4. The number of carbonyl (C=O) groups is 2. The van der Waals surface area contributed by atoms with Gasteiger partial charge in [0.25, 0.3) is 0 Å². The Hall–Kier alpha value is -2.10. The van der Waals surface area contributed by atoms with Crippen LogP contribution in [-0.4, -0.2) is 64.1 Å². The van der Waals surface area contributed by atoms with Gasteiger partial charge in [0.05, 0.1) is 24.1 Å². The predicted molar refractivity (Wildman–Crippen MR) is 87.0 cm³/mol. The summed E-state index contributed by atoms with van der Waals surface area (Å²) in [5, 5.41) is 13.6. The Morgan fingerprint density at radius 1 is 1.37 bits per heavy atom. The molecule has 0 saturated carbocycles. The Labute approximate surface area is 154 Å². The number of aliphatic carboxylic acids is 1. The molecule has 1 amide bonds. The zero-order chi connectivity index (χ0) is 20.0. The van der Waals surface area contributed by atoms with Gasteiger partial charge in [0.2, 0.25) is 5.91 Å². The summed E-state index contributed by atoms with van der Waals surface area (Å²) in [6, 6.07) is 0. The lowest BCUT2D eigenvalue weighted by molar-refractivity contribution is -0.157. The highest BCUT2D eigenvalue weighted by molar-refractivity contribution is 5.83. The van der Waals surface area contributed by atoms with Gasteiger partial charge >= 0.3 is 12.1 Å². The molecule has 0 spiro atoms. The molecule has 10 heteroatoms.